The van der Waals surface area contributed by atoms with Crippen LogP contribution in [0.1, 0.15) is 35.6 Å². The van der Waals surface area contributed by atoms with Crippen LogP contribution in [0.5, 0.6) is 5.75 Å². The second kappa shape index (κ2) is 7.28. The number of urea groups is 1. The Kier molecular flexibility index (Phi) is 4.58. The van der Waals surface area contributed by atoms with E-state index in [1.54, 1.807) is 0 Å². The highest BCUT2D eigenvalue weighted by Gasteiger charge is 2.40. The van der Waals surface area contributed by atoms with Crippen LogP contribution in [-0.4, -0.2) is 48.2 Å². The smallest absolute Gasteiger partial charge is 0.322 e. The van der Waals surface area contributed by atoms with E-state index in [0.29, 0.717) is 24.4 Å². The van der Waals surface area contributed by atoms with Crippen molar-refractivity contribution in [2.75, 3.05) is 31.7 Å². The molecule has 0 radical (unpaired) electrons. The molecular weight excluding hydrogens is 389 g/mol. The minimum absolute atomic E-state index is 0.0152. The van der Waals surface area contributed by atoms with Gasteiger partial charge >= 0.3 is 6.03 Å². The Hall–Kier alpha value is -3.13. The average molecular weight is 411 g/mol. The number of rotatable bonds is 1. The van der Waals surface area contributed by atoms with Gasteiger partial charge in [-0.15, -0.1) is 0 Å². The van der Waals surface area contributed by atoms with Crippen molar-refractivity contribution in [3.05, 3.63) is 58.9 Å². The third kappa shape index (κ3) is 3.17. The molecule has 3 heterocycles. The molecule has 156 valence electrons. The van der Waals surface area contributed by atoms with Crippen LogP contribution in [0.2, 0.25) is 0 Å². The molecule has 5 rings (SSSR count). The van der Waals surface area contributed by atoms with E-state index in [9.17, 15) is 14.0 Å². The minimum Gasteiger partial charge on any atom is -0.465 e. The standard InChI is InChI=1S/C22H22FN3O4/c1-13-8-26-19(17-5-3-2-4-16(13)17)9-25(10-20(26)27)22(28)24-18-7-15(23)6-14-11-29-12-30-21(14)18/h2-7,13,19H,8-12H2,1H3,(H,24,28)/t13-,19-/m0/s1. The van der Waals surface area contributed by atoms with Crippen LogP contribution in [0, 0.1) is 5.82 Å². The van der Waals surface area contributed by atoms with Crippen LogP contribution in [0.15, 0.2) is 36.4 Å². The molecule has 1 fully saturated rings. The van der Waals surface area contributed by atoms with Crippen LogP contribution in [0.3, 0.4) is 0 Å². The van der Waals surface area contributed by atoms with Gasteiger partial charge in [0.05, 0.1) is 18.3 Å². The van der Waals surface area contributed by atoms with Gasteiger partial charge in [-0.05, 0) is 23.1 Å². The summed E-state index contributed by atoms with van der Waals surface area (Å²) in [6.45, 7) is 3.36. The number of ether oxygens (including phenoxy) is 2. The van der Waals surface area contributed by atoms with E-state index in [4.69, 9.17) is 9.47 Å². The molecule has 0 aliphatic carbocycles. The molecule has 8 heteroatoms. The maximum Gasteiger partial charge on any atom is 0.322 e. The van der Waals surface area contributed by atoms with Crippen LogP contribution < -0.4 is 10.1 Å². The van der Waals surface area contributed by atoms with Gasteiger partial charge in [-0.1, -0.05) is 31.2 Å². The predicted octanol–water partition coefficient (Wildman–Crippen LogP) is 3.23. The molecule has 0 spiro atoms. The number of piperazine rings is 1. The summed E-state index contributed by atoms with van der Waals surface area (Å²) in [7, 11) is 0. The molecule has 30 heavy (non-hydrogen) atoms. The largest absolute Gasteiger partial charge is 0.465 e. The fraction of sp³-hybridized carbons (Fsp3) is 0.364. The van der Waals surface area contributed by atoms with Crippen LogP contribution in [0.25, 0.3) is 0 Å². The van der Waals surface area contributed by atoms with Gasteiger partial charge in [0.25, 0.3) is 0 Å². The van der Waals surface area contributed by atoms with Gasteiger partial charge in [-0.3, -0.25) is 4.79 Å². The zero-order chi connectivity index (χ0) is 20.8. The lowest BCUT2D eigenvalue weighted by molar-refractivity contribution is -0.139. The predicted molar refractivity (Wildman–Crippen MR) is 107 cm³/mol. The summed E-state index contributed by atoms with van der Waals surface area (Å²) >= 11 is 0. The number of halogens is 1. The first-order valence-corrected chi connectivity index (χ1v) is 9.98. The molecule has 0 aromatic heterocycles. The first-order chi connectivity index (χ1) is 14.5. The lowest BCUT2D eigenvalue weighted by Crippen LogP contribution is -2.56. The highest BCUT2D eigenvalue weighted by atomic mass is 19.1. The van der Waals surface area contributed by atoms with Crippen molar-refractivity contribution in [2.24, 2.45) is 0 Å². The molecule has 0 saturated carbocycles. The fourth-order valence-corrected chi connectivity index (χ4v) is 4.57. The Morgan fingerprint density at radius 2 is 2.00 bits per heavy atom. The van der Waals surface area contributed by atoms with Gasteiger partial charge in [0, 0.05) is 24.7 Å². The molecule has 1 saturated heterocycles. The van der Waals surface area contributed by atoms with Crippen molar-refractivity contribution in [1.82, 2.24) is 9.80 Å². The second-order valence-corrected chi connectivity index (χ2v) is 7.95. The van der Waals surface area contributed by atoms with E-state index in [-0.39, 0.29) is 43.5 Å². The Morgan fingerprint density at radius 3 is 2.83 bits per heavy atom. The molecule has 2 aromatic rings. The Balaban J connectivity index is 1.40. The van der Waals surface area contributed by atoms with Crippen LogP contribution in [-0.2, 0) is 16.1 Å². The zero-order valence-electron chi connectivity index (χ0n) is 16.6. The van der Waals surface area contributed by atoms with Crippen molar-refractivity contribution in [2.45, 2.75) is 25.5 Å². The Labute approximate surface area is 173 Å². The number of amides is 3. The molecule has 0 unspecified atom stereocenters. The molecule has 3 aliphatic heterocycles. The minimum atomic E-state index is -0.491. The fourth-order valence-electron chi connectivity index (χ4n) is 4.57. The number of nitrogens with zero attached hydrogens (tertiary/aromatic N) is 2. The third-order valence-corrected chi connectivity index (χ3v) is 5.98. The van der Waals surface area contributed by atoms with Crippen LogP contribution >= 0.6 is 0 Å². The number of hydrogen-bond donors (Lipinski definition) is 1. The van der Waals surface area contributed by atoms with Crippen molar-refractivity contribution in [1.29, 1.82) is 0 Å². The average Bonchev–Trinajstić information content (AvgIpc) is 2.74. The summed E-state index contributed by atoms with van der Waals surface area (Å²) < 4.78 is 24.6. The van der Waals surface area contributed by atoms with E-state index in [1.807, 2.05) is 23.1 Å². The number of hydrogen-bond acceptors (Lipinski definition) is 4. The molecule has 0 bridgehead atoms. The normalized spacial score (nSPS) is 22.5. The molecule has 1 N–H and O–H groups in total. The van der Waals surface area contributed by atoms with Crippen molar-refractivity contribution in [3.8, 4) is 5.75 Å². The molecule has 3 amide bonds. The Bertz CT molecular complexity index is 1030. The van der Waals surface area contributed by atoms with E-state index < -0.39 is 11.8 Å². The van der Waals surface area contributed by atoms with Gasteiger partial charge in [-0.25, -0.2) is 9.18 Å². The zero-order valence-corrected chi connectivity index (χ0v) is 16.6. The van der Waals surface area contributed by atoms with Gasteiger partial charge < -0.3 is 24.6 Å². The highest BCUT2D eigenvalue weighted by Crippen LogP contribution is 2.39. The molecular formula is C22H22FN3O4. The molecule has 7 nitrogen and oxygen atoms in total. The summed E-state index contributed by atoms with van der Waals surface area (Å²) in [5.41, 5.74) is 3.06. The molecule has 2 atom stereocenters. The number of nitrogens with one attached hydrogen (secondary N) is 1. The maximum absolute atomic E-state index is 14.0. The van der Waals surface area contributed by atoms with Crippen LogP contribution in [0.4, 0.5) is 14.9 Å². The lowest BCUT2D eigenvalue weighted by Gasteiger charge is -2.46. The summed E-state index contributed by atoms with van der Waals surface area (Å²) in [6.07, 6.45) is 0. The number of carbonyl (C=O) groups is 2. The summed E-state index contributed by atoms with van der Waals surface area (Å²) in [5, 5.41) is 2.73. The summed E-state index contributed by atoms with van der Waals surface area (Å²) in [4.78, 5) is 29.2. The highest BCUT2D eigenvalue weighted by molar-refractivity contribution is 5.94. The monoisotopic (exact) mass is 411 g/mol. The van der Waals surface area contributed by atoms with Gasteiger partial charge in [0.2, 0.25) is 5.91 Å². The molecule has 3 aliphatic rings. The third-order valence-electron chi connectivity index (χ3n) is 5.98. The quantitative estimate of drug-likeness (QED) is 0.782. The van der Waals surface area contributed by atoms with E-state index in [1.165, 1.54) is 22.6 Å². The number of carbonyl (C=O) groups excluding carboxylic acids is 2. The maximum atomic E-state index is 14.0. The number of fused-ring (bicyclic) bond motifs is 4. The van der Waals surface area contributed by atoms with Gasteiger partial charge in [0.15, 0.2) is 12.5 Å². The Morgan fingerprint density at radius 1 is 1.20 bits per heavy atom. The summed E-state index contributed by atoms with van der Waals surface area (Å²) in [6, 6.07) is 9.96. The van der Waals surface area contributed by atoms with Crippen molar-refractivity contribution in [3.63, 3.8) is 0 Å². The van der Waals surface area contributed by atoms with Crippen molar-refractivity contribution >= 4 is 17.6 Å². The van der Waals surface area contributed by atoms with E-state index in [2.05, 4.69) is 18.3 Å². The summed E-state index contributed by atoms with van der Waals surface area (Å²) in [5.74, 6) is 0.0701. The number of anilines is 1. The first-order valence-electron chi connectivity index (χ1n) is 9.98. The van der Waals surface area contributed by atoms with Gasteiger partial charge in [0.1, 0.15) is 12.4 Å². The van der Waals surface area contributed by atoms with Crippen molar-refractivity contribution < 1.29 is 23.5 Å². The van der Waals surface area contributed by atoms with E-state index >= 15 is 0 Å². The lowest BCUT2D eigenvalue weighted by atomic mass is 9.85. The SMILES string of the molecule is C[C@H]1CN2C(=O)CN(C(=O)Nc3cc(F)cc4c3OCOC4)C[C@H]2c2ccccc21. The van der Waals surface area contributed by atoms with E-state index in [0.717, 1.165) is 5.56 Å². The number of benzene rings is 2. The second-order valence-electron chi connectivity index (χ2n) is 7.95. The van der Waals surface area contributed by atoms with Gasteiger partial charge in [-0.2, -0.15) is 0 Å². The topological polar surface area (TPSA) is 71.1 Å². The first kappa shape index (κ1) is 18.9. The molecule has 2 aromatic carbocycles.